The number of thioether (sulfide) groups is 1. The summed E-state index contributed by atoms with van der Waals surface area (Å²) in [7, 11) is 0. The first kappa shape index (κ1) is 11.5. The number of hydrogen-bond donors (Lipinski definition) is 0. The van der Waals surface area contributed by atoms with E-state index in [9.17, 15) is 4.79 Å². The third-order valence-corrected chi connectivity index (χ3v) is 3.70. The van der Waals surface area contributed by atoms with Crippen molar-refractivity contribution >= 4 is 17.7 Å². The number of aryl methyl sites for hydroxylation is 2. The molecule has 86 valence electrons. The Hall–Kier alpha value is -0.960. The summed E-state index contributed by atoms with van der Waals surface area (Å²) in [6.07, 6.45) is 3.66. The van der Waals surface area contributed by atoms with Crippen molar-refractivity contribution in [1.82, 2.24) is 0 Å². The first-order valence-corrected chi connectivity index (χ1v) is 6.68. The summed E-state index contributed by atoms with van der Waals surface area (Å²) < 4.78 is 4.90. The van der Waals surface area contributed by atoms with Gasteiger partial charge in [-0.05, 0) is 49.4 Å². The van der Waals surface area contributed by atoms with E-state index in [-0.39, 0.29) is 5.97 Å². The van der Waals surface area contributed by atoms with Crippen LogP contribution in [0.1, 0.15) is 24.5 Å². The maximum atomic E-state index is 11.2. The Balaban J connectivity index is 1.93. The highest BCUT2D eigenvalue weighted by Gasteiger charge is 2.11. The summed E-state index contributed by atoms with van der Waals surface area (Å²) in [5.41, 5.74) is 2.93. The number of fused-ring (bicyclic) bond motifs is 1. The highest BCUT2D eigenvalue weighted by molar-refractivity contribution is 8.00. The summed E-state index contributed by atoms with van der Waals surface area (Å²) in [6, 6.07) is 6.51. The molecule has 1 aliphatic carbocycles. The Morgan fingerprint density at radius 2 is 2.19 bits per heavy atom. The number of ether oxygens (including phenoxy) is 1. The van der Waals surface area contributed by atoms with Crippen LogP contribution in [-0.2, 0) is 22.4 Å². The number of esters is 1. The molecule has 0 saturated heterocycles. The minimum absolute atomic E-state index is 0.131. The van der Waals surface area contributed by atoms with Gasteiger partial charge in [0.2, 0.25) is 0 Å². The van der Waals surface area contributed by atoms with Crippen LogP contribution in [0.4, 0.5) is 0 Å². The third kappa shape index (κ3) is 2.79. The van der Waals surface area contributed by atoms with E-state index in [1.807, 2.05) is 6.92 Å². The first-order valence-electron chi connectivity index (χ1n) is 5.70. The van der Waals surface area contributed by atoms with Crippen LogP contribution in [0.3, 0.4) is 0 Å². The van der Waals surface area contributed by atoms with Crippen molar-refractivity contribution in [2.75, 3.05) is 12.4 Å². The quantitative estimate of drug-likeness (QED) is 0.594. The van der Waals surface area contributed by atoms with Gasteiger partial charge in [0.1, 0.15) is 0 Å². The van der Waals surface area contributed by atoms with Crippen LogP contribution < -0.4 is 0 Å². The average Bonchev–Trinajstić information content (AvgIpc) is 2.74. The molecule has 0 atom stereocenters. The molecule has 1 aromatic carbocycles. The van der Waals surface area contributed by atoms with Crippen molar-refractivity contribution in [2.24, 2.45) is 0 Å². The minimum atomic E-state index is -0.131. The summed E-state index contributed by atoms with van der Waals surface area (Å²) in [5.74, 6) is 0.278. The standard InChI is InChI=1S/C13H16O2S/c1-2-15-13(14)9-16-12-7-6-10-4-3-5-11(10)8-12/h6-8H,2-5,9H2,1H3. The van der Waals surface area contributed by atoms with Gasteiger partial charge in [-0.1, -0.05) is 6.07 Å². The highest BCUT2D eigenvalue weighted by atomic mass is 32.2. The van der Waals surface area contributed by atoms with Crippen molar-refractivity contribution in [3.05, 3.63) is 29.3 Å². The minimum Gasteiger partial charge on any atom is -0.465 e. The first-order chi connectivity index (χ1) is 7.79. The number of rotatable bonds is 4. The summed E-state index contributed by atoms with van der Waals surface area (Å²) >= 11 is 1.56. The van der Waals surface area contributed by atoms with E-state index in [2.05, 4.69) is 18.2 Å². The lowest BCUT2D eigenvalue weighted by molar-refractivity contribution is -0.139. The SMILES string of the molecule is CCOC(=O)CSc1ccc2c(c1)CCC2. The molecule has 0 heterocycles. The van der Waals surface area contributed by atoms with Gasteiger partial charge in [0.05, 0.1) is 12.4 Å². The Labute approximate surface area is 100 Å². The van der Waals surface area contributed by atoms with Gasteiger partial charge in [0.25, 0.3) is 0 Å². The maximum Gasteiger partial charge on any atom is 0.316 e. The summed E-state index contributed by atoms with van der Waals surface area (Å²) in [4.78, 5) is 12.4. The Bertz CT molecular complexity index is 388. The molecule has 0 saturated carbocycles. The van der Waals surface area contributed by atoms with Gasteiger partial charge >= 0.3 is 5.97 Å². The van der Waals surface area contributed by atoms with Gasteiger partial charge in [-0.2, -0.15) is 0 Å². The number of carbonyl (C=O) groups excluding carboxylic acids is 1. The molecule has 0 spiro atoms. The second-order valence-electron chi connectivity index (χ2n) is 3.88. The van der Waals surface area contributed by atoms with Crippen molar-refractivity contribution in [1.29, 1.82) is 0 Å². The molecular weight excluding hydrogens is 220 g/mol. The monoisotopic (exact) mass is 236 g/mol. The van der Waals surface area contributed by atoms with Crippen LogP contribution in [0.15, 0.2) is 23.1 Å². The molecule has 0 radical (unpaired) electrons. The molecule has 0 aromatic heterocycles. The van der Waals surface area contributed by atoms with Gasteiger partial charge in [-0.3, -0.25) is 4.79 Å². The molecule has 0 unspecified atom stereocenters. The zero-order chi connectivity index (χ0) is 11.4. The van der Waals surface area contributed by atoms with Crippen molar-refractivity contribution in [2.45, 2.75) is 31.1 Å². The summed E-state index contributed by atoms with van der Waals surface area (Å²) in [6.45, 7) is 2.29. The predicted molar refractivity (Wildman–Crippen MR) is 65.8 cm³/mol. The molecule has 1 aromatic rings. The predicted octanol–water partition coefficient (Wildman–Crippen LogP) is 2.83. The van der Waals surface area contributed by atoms with Crippen molar-refractivity contribution in [3.63, 3.8) is 0 Å². The molecule has 0 N–H and O–H groups in total. The molecule has 2 nitrogen and oxygen atoms in total. The highest BCUT2D eigenvalue weighted by Crippen LogP contribution is 2.27. The molecule has 1 aliphatic rings. The van der Waals surface area contributed by atoms with E-state index in [0.29, 0.717) is 12.4 Å². The number of hydrogen-bond acceptors (Lipinski definition) is 3. The van der Waals surface area contributed by atoms with Gasteiger partial charge < -0.3 is 4.74 Å². The second-order valence-corrected chi connectivity index (χ2v) is 4.93. The van der Waals surface area contributed by atoms with E-state index in [1.165, 1.54) is 35.3 Å². The van der Waals surface area contributed by atoms with Gasteiger partial charge in [-0.15, -0.1) is 11.8 Å². The third-order valence-electron chi connectivity index (χ3n) is 2.73. The van der Waals surface area contributed by atoms with Crippen LogP contribution >= 0.6 is 11.8 Å². The van der Waals surface area contributed by atoms with Crippen molar-refractivity contribution < 1.29 is 9.53 Å². The van der Waals surface area contributed by atoms with Crippen LogP contribution in [0.25, 0.3) is 0 Å². The number of carbonyl (C=O) groups is 1. The van der Waals surface area contributed by atoms with Crippen LogP contribution in [0, 0.1) is 0 Å². The molecular formula is C13H16O2S. The fourth-order valence-corrected chi connectivity index (χ4v) is 2.74. The molecule has 0 bridgehead atoms. The number of benzene rings is 1. The van der Waals surface area contributed by atoms with Crippen LogP contribution in [-0.4, -0.2) is 18.3 Å². The van der Waals surface area contributed by atoms with Crippen LogP contribution in [0.2, 0.25) is 0 Å². The smallest absolute Gasteiger partial charge is 0.316 e. The van der Waals surface area contributed by atoms with Gasteiger partial charge in [0.15, 0.2) is 0 Å². The van der Waals surface area contributed by atoms with E-state index < -0.39 is 0 Å². The summed E-state index contributed by atoms with van der Waals surface area (Å²) in [5, 5.41) is 0. The van der Waals surface area contributed by atoms with Gasteiger partial charge in [0, 0.05) is 4.90 Å². The zero-order valence-corrected chi connectivity index (χ0v) is 10.3. The molecule has 3 heteroatoms. The second kappa shape index (κ2) is 5.39. The van der Waals surface area contributed by atoms with E-state index in [1.54, 1.807) is 11.8 Å². The Morgan fingerprint density at radius 3 is 3.00 bits per heavy atom. The fourth-order valence-electron chi connectivity index (χ4n) is 1.98. The average molecular weight is 236 g/mol. The van der Waals surface area contributed by atoms with E-state index in [0.717, 1.165) is 0 Å². The lowest BCUT2D eigenvalue weighted by Gasteiger charge is -2.04. The maximum absolute atomic E-state index is 11.2. The van der Waals surface area contributed by atoms with Gasteiger partial charge in [-0.25, -0.2) is 0 Å². The zero-order valence-electron chi connectivity index (χ0n) is 9.49. The molecule has 0 aliphatic heterocycles. The topological polar surface area (TPSA) is 26.3 Å². The Kier molecular flexibility index (Phi) is 3.88. The van der Waals surface area contributed by atoms with E-state index in [4.69, 9.17) is 4.74 Å². The van der Waals surface area contributed by atoms with E-state index >= 15 is 0 Å². The van der Waals surface area contributed by atoms with Crippen LogP contribution in [0.5, 0.6) is 0 Å². The molecule has 0 amide bonds. The lowest BCUT2D eigenvalue weighted by atomic mass is 10.1. The lowest BCUT2D eigenvalue weighted by Crippen LogP contribution is -2.06. The molecule has 2 rings (SSSR count). The normalized spacial score (nSPS) is 13.6. The molecule has 0 fully saturated rings. The fraction of sp³-hybridized carbons (Fsp3) is 0.462. The van der Waals surface area contributed by atoms with Crippen molar-refractivity contribution in [3.8, 4) is 0 Å². The largest absolute Gasteiger partial charge is 0.465 e. The molecule has 16 heavy (non-hydrogen) atoms. The Morgan fingerprint density at radius 1 is 1.38 bits per heavy atom.